The Morgan fingerprint density at radius 3 is 2.56 bits per heavy atom. The third kappa shape index (κ3) is 3.73. The summed E-state index contributed by atoms with van der Waals surface area (Å²) in [5.74, 6) is 1.93. The molecule has 1 aliphatic heterocycles. The van der Waals surface area contributed by atoms with Gasteiger partial charge in [0.2, 0.25) is 0 Å². The predicted molar refractivity (Wildman–Crippen MR) is 132 cm³/mol. The maximum absolute atomic E-state index is 6.36. The lowest BCUT2D eigenvalue weighted by atomic mass is 10.1. The van der Waals surface area contributed by atoms with Crippen LogP contribution in [0.1, 0.15) is 38.3 Å². The minimum Gasteiger partial charge on any atom is -0.493 e. The van der Waals surface area contributed by atoms with Gasteiger partial charge in [0.1, 0.15) is 18.1 Å². The van der Waals surface area contributed by atoms with Crippen molar-refractivity contribution in [2.45, 2.75) is 32.7 Å². The Morgan fingerprint density at radius 2 is 1.75 bits per heavy atom. The molecular formula is C28H32N2O2. The van der Waals surface area contributed by atoms with Gasteiger partial charge in [-0.2, -0.15) is 0 Å². The van der Waals surface area contributed by atoms with Gasteiger partial charge in [0.05, 0.1) is 23.7 Å². The molecule has 0 bridgehead atoms. The molecule has 1 aromatic heterocycles. The van der Waals surface area contributed by atoms with E-state index in [0.717, 1.165) is 50.6 Å². The van der Waals surface area contributed by atoms with Crippen molar-refractivity contribution in [3.63, 3.8) is 0 Å². The summed E-state index contributed by atoms with van der Waals surface area (Å²) in [4.78, 5) is 2.47. The van der Waals surface area contributed by atoms with E-state index in [0.29, 0.717) is 6.61 Å². The van der Waals surface area contributed by atoms with Crippen LogP contribution >= 0.6 is 0 Å². The minimum atomic E-state index is 0.149. The summed E-state index contributed by atoms with van der Waals surface area (Å²) in [5, 5.41) is 2.40. The zero-order chi connectivity index (χ0) is 21.9. The molecule has 0 amide bonds. The molecule has 3 aromatic carbocycles. The van der Waals surface area contributed by atoms with Crippen LogP contribution < -0.4 is 9.47 Å². The van der Waals surface area contributed by atoms with E-state index < -0.39 is 0 Å². The van der Waals surface area contributed by atoms with Crippen LogP contribution in [0, 0.1) is 0 Å². The van der Waals surface area contributed by atoms with Gasteiger partial charge in [-0.3, -0.25) is 0 Å². The van der Waals surface area contributed by atoms with Crippen LogP contribution in [0.5, 0.6) is 11.5 Å². The SMILES string of the molecule is CCN(CC)CCCCOc1cccc2c1c1cccc3c1n2C(c1ccccc1)CO3. The number of rotatable bonds is 9. The van der Waals surface area contributed by atoms with E-state index in [-0.39, 0.29) is 6.04 Å². The second kappa shape index (κ2) is 9.25. The van der Waals surface area contributed by atoms with Crippen LogP contribution in [0.25, 0.3) is 21.8 Å². The van der Waals surface area contributed by atoms with Gasteiger partial charge in [0, 0.05) is 10.8 Å². The molecule has 0 saturated heterocycles. The number of para-hydroxylation sites is 1. The van der Waals surface area contributed by atoms with E-state index in [1.165, 1.54) is 27.4 Å². The lowest BCUT2D eigenvalue weighted by molar-refractivity contribution is 0.262. The molecule has 0 N–H and O–H groups in total. The summed E-state index contributed by atoms with van der Waals surface area (Å²) in [7, 11) is 0. The lowest BCUT2D eigenvalue weighted by Gasteiger charge is -2.27. The van der Waals surface area contributed by atoms with Crippen LogP contribution in [-0.4, -0.2) is 42.3 Å². The number of fused-ring (bicyclic) bond motifs is 3. The maximum Gasteiger partial charge on any atom is 0.143 e. The number of aromatic nitrogens is 1. The summed E-state index contributed by atoms with van der Waals surface area (Å²) < 4.78 is 15.0. The third-order valence-corrected chi connectivity index (χ3v) is 6.69. The van der Waals surface area contributed by atoms with E-state index in [2.05, 4.69) is 90.0 Å². The Hall–Kier alpha value is -2.98. The van der Waals surface area contributed by atoms with Crippen LogP contribution in [0.2, 0.25) is 0 Å². The molecule has 4 aromatic rings. The number of unbranched alkanes of at least 4 members (excludes halogenated alkanes) is 1. The largest absolute Gasteiger partial charge is 0.493 e. The second-order valence-electron chi connectivity index (χ2n) is 8.49. The Morgan fingerprint density at radius 1 is 0.938 bits per heavy atom. The van der Waals surface area contributed by atoms with Gasteiger partial charge in [-0.1, -0.05) is 62.4 Å². The van der Waals surface area contributed by atoms with Crippen molar-refractivity contribution in [2.75, 3.05) is 32.8 Å². The van der Waals surface area contributed by atoms with E-state index >= 15 is 0 Å². The number of hydrogen-bond donors (Lipinski definition) is 0. The molecular weight excluding hydrogens is 396 g/mol. The fourth-order valence-electron chi connectivity index (χ4n) is 4.97. The van der Waals surface area contributed by atoms with Crippen LogP contribution in [0.15, 0.2) is 66.7 Å². The molecule has 4 nitrogen and oxygen atoms in total. The third-order valence-electron chi connectivity index (χ3n) is 6.69. The van der Waals surface area contributed by atoms with Crippen molar-refractivity contribution < 1.29 is 9.47 Å². The van der Waals surface area contributed by atoms with Gasteiger partial charge in [0.25, 0.3) is 0 Å². The second-order valence-corrected chi connectivity index (χ2v) is 8.49. The molecule has 0 fully saturated rings. The van der Waals surface area contributed by atoms with Crippen molar-refractivity contribution in [1.82, 2.24) is 9.47 Å². The highest BCUT2D eigenvalue weighted by Gasteiger charge is 2.28. The first-order valence-electron chi connectivity index (χ1n) is 11.9. The first-order valence-corrected chi connectivity index (χ1v) is 11.9. The zero-order valence-electron chi connectivity index (χ0n) is 19.1. The molecule has 166 valence electrons. The monoisotopic (exact) mass is 428 g/mol. The molecule has 2 heterocycles. The average Bonchev–Trinajstić information content (AvgIpc) is 3.19. The standard InChI is InChI=1S/C28H32N2O2/c1-3-29(4-2)18-8-9-19-31-25-16-11-15-23-27(25)22-14-10-17-26-28(22)30(23)24(20-32-26)21-12-6-5-7-13-21/h5-7,10-17,24H,3-4,8-9,18-20H2,1-2H3. The molecule has 0 radical (unpaired) electrons. The highest BCUT2D eigenvalue weighted by molar-refractivity contribution is 6.13. The minimum absolute atomic E-state index is 0.149. The number of hydrogen-bond acceptors (Lipinski definition) is 3. The molecule has 5 rings (SSSR count). The van der Waals surface area contributed by atoms with Crippen molar-refractivity contribution in [3.8, 4) is 11.5 Å². The summed E-state index contributed by atoms with van der Waals surface area (Å²) in [6.45, 7) is 9.20. The van der Waals surface area contributed by atoms with E-state index in [1.807, 2.05) is 0 Å². The van der Waals surface area contributed by atoms with Gasteiger partial charge in [-0.15, -0.1) is 0 Å². The highest BCUT2D eigenvalue weighted by Crippen LogP contribution is 2.44. The number of ether oxygens (including phenoxy) is 2. The molecule has 0 aliphatic carbocycles. The van der Waals surface area contributed by atoms with Crippen molar-refractivity contribution >= 4 is 21.8 Å². The van der Waals surface area contributed by atoms with E-state index in [4.69, 9.17) is 9.47 Å². The van der Waals surface area contributed by atoms with Gasteiger partial charge in [0.15, 0.2) is 0 Å². The summed E-state index contributed by atoms with van der Waals surface area (Å²) in [6, 6.07) is 23.6. The predicted octanol–water partition coefficient (Wildman–Crippen LogP) is 6.28. The number of benzene rings is 3. The molecule has 1 atom stereocenters. The summed E-state index contributed by atoms with van der Waals surface area (Å²) >= 11 is 0. The molecule has 1 aliphatic rings. The molecule has 1 unspecified atom stereocenters. The van der Waals surface area contributed by atoms with E-state index in [1.54, 1.807) is 0 Å². The maximum atomic E-state index is 6.36. The molecule has 0 spiro atoms. The number of nitrogens with zero attached hydrogens (tertiary/aromatic N) is 2. The fraction of sp³-hybridized carbons (Fsp3) is 0.357. The van der Waals surface area contributed by atoms with Crippen LogP contribution in [0.4, 0.5) is 0 Å². The van der Waals surface area contributed by atoms with Crippen molar-refractivity contribution in [3.05, 3.63) is 72.3 Å². The summed E-state index contributed by atoms with van der Waals surface area (Å²) in [5.41, 5.74) is 3.65. The first kappa shape index (κ1) is 20.9. The van der Waals surface area contributed by atoms with Gasteiger partial charge in [-0.05, 0) is 56.2 Å². The Bertz CT molecular complexity index is 1190. The van der Waals surface area contributed by atoms with Crippen molar-refractivity contribution in [2.24, 2.45) is 0 Å². The van der Waals surface area contributed by atoms with Crippen LogP contribution in [-0.2, 0) is 0 Å². The Balaban J connectivity index is 1.49. The fourth-order valence-corrected chi connectivity index (χ4v) is 4.97. The molecule has 0 saturated carbocycles. The van der Waals surface area contributed by atoms with Crippen molar-refractivity contribution in [1.29, 1.82) is 0 Å². The zero-order valence-corrected chi connectivity index (χ0v) is 19.1. The Kier molecular flexibility index (Phi) is 6.04. The summed E-state index contributed by atoms with van der Waals surface area (Å²) in [6.07, 6.45) is 2.22. The van der Waals surface area contributed by atoms with Crippen LogP contribution in [0.3, 0.4) is 0 Å². The average molecular weight is 429 g/mol. The smallest absolute Gasteiger partial charge is 0.143 e. The van der Waals surface area contributed by atoms with Gasteiger partial charge >= 0.3 is 0 Å². The van der Waals surface area contributed by atoms with E-state index in [9.17, 15) is 0 Å². The molecule has 32 heavy (non-hydrogen) atoms. The first-order chi connectivity index (χ1) is 15.8. The topological polar surface area (TPSA) is 26.6 Å². The molecule has 4 heteroatoms. The lowest BCUT2D eigenvalue weighted by Crippen LogP contribution is -2.24. The van der Waals surface area contributed by atoms with Gasteiger partial charge < -0.3 is 18.9 Å². The normalized spacial score (nSPS) is 15.4. The highest BCUT2D eigenvalue weighted by atomic mass is 16.5. The Labute approximate surface area is 190 Å². The van der Waals surface area contributed by atoms with Gasteiger partial charge in [-0.25, -0.2) is 0 Å². The quantitative estimate of drug-likeness (QED) is 0.294.